The van der Waals surface area contributed by atoms with Crippen LogP contribution in [0.2, 0.25) is 0 Å². The Morgan fingerprint density at radius 3 is 2.02 bits per heavy atom. The number of aliphatic imine (C=N–C) groups is 1. The molecule has 9 rings (SSSR count). The molecule has 2 fully saturated rings. The molecule has 278 valence electrons. The Morgan fingerprint density at radius 2 is 1.31 bits per heavy atom. The lowest BCUT2D eigenvalue weighted by molar-refractivity contribution is 0.326. The standard InChI is InChI=1S/C50H58N4/c1-5-13-35(14-6-1)37-21-27-42(28-22-37)48-52-49(43-29-23-38(24-30-43)36-15-7-2-8-16-36)54-50(53-48)44-31-25-39(26-32-44)45-33-46(40-17-9-3-10-18-40)47(51-34-45)41-19-11-4-12-20-41/h1-2,5-9,13,15,17,21-24,27-29,34-36,39-41,43-44,46H,3-4,10-12,14,16,18-20,25-26,30-33H2. The van der Waals surface area contributed by atoms with Gasteiger partial charge in [-0.1, -0.05) is 123 Å². The van der Waals surface area contributed by atoms with Crippen LogP contribution in [-0.4, -0.2) is 20.7 Å². The van der Waals surface area contributed by atoms with Gasteiger partial charge in [0.25, 0.3) is 0 Å². The predicted octanol–water partition coefficient (Wildman–Crippen LogP) is 12.8. The summed E-state index contributed by atoms with van der Waals surface area (Å²) in [6, 6.07) is 9.01. The van der Waals surface area contributed by atoms with Gasteiger partial charge in [0.2, 0.25) is 0 Å². The van der Waals surface area contributed by atoms with Gasteiger partial charge in [-0.25, -0.2) is 15.0 Å². The molecule has 2 saturated carbocycles. The third kappa shape index (κ3) is 7.95. The molecule has 1 aromatic heterocycles. The molecular formula is C50H58N4. The van der Waals surface area contributed by atoms with Gasteiger partial charge in [0.15, 0.2) is 5.82 Å². The van der Waals surface area contributed by atoms with E-state index in [-0.39, 0.29) is 5.92 Å². The van der Waals surface area contributed by atoms with Crippen LogP contribution in [0, 0.1) is 29.6 Å². The van der Waals surface area contributed by atoms with E-state index in [4.69, 9.17) is 19.9 Å². The SMILES string of the molecule is C1=CCC(C2=CCC(c3nc(-c4ccc(C5C=CC=CC5)cc4)nc(C4CCC(C5=CN=C(C6CCCCC6)C(C6C=CCCC6)C5)CC4)n3)C=C2)C=C1. The molecule has 0 radical (unpaired) electrons. The fraction of sp³-hybridized carbons (Fsp3) is 0.480. The highest BCUT2D eigenvalue weighted by atomic mass is 15.0. The molecule has 54 heavy (non-hydrogen) atoms. The topological polar surface area (TPSA) is 51.0 Å². The summed E-state index contributed by atoms with van der Waals surface area (Å²) in [5, 5.41) is 0. The van der Waals surface area contributed by atoms with E-state index in [1.165, 1.54) is 81.8 Å². The maximum Gasteiger partial charge on any atom is 0.163 e. The van der Waals surface area contributed by atoms with Crippen molar-refractivity contribution in [3.8, 4) is 11.4 Å². The first-order valence-corrected chi connectivity index (χ1v) is 21.6. The van der Waals surface area contributed by atoms with Crippen molar-refractivity contribution in [1.82, 2.24) is 15.0 Å². The Hall–Kier alpha value is -4.18. The van der Waals surface area contributed by atoms with Crippen LogP contribution in [0.5, 0.6) is 0 Å². The number of benzene rings is 1. The van der Waals surface area contributed by atoms with Crippen molar-refractivity contribution in [2.75, 3.05) is 0 Å². The minimum absolute atomic E-state index is 0.168. The molecule has 7 aliphatic rings. The summed E-state index contributed by atoms with van der Waals surface area (Å²) >= 11 is 0. The quantitative estimate of drug-likeness (QED) is 0.256. The van der Waals surface area contributed by atoms with Gasteiger partial charge in [-0.2, -0.15) is 0 Å². The molecule has 0 bridgehead atoms. The van der Waals surface area contributed by atoms with Gasteiger partial charge in [-0.05, 0) is 118 Å². The normalized spacial score (nSPS) is 31.3. The molecule has 0 N–H and O–H groups in total. The zero-order valence-corrected chi connectivity index (χ0v) is 32.1. The number of allylic oxidation sites excluding steroid dienone is 15. The lowest BCUT2D eigenvalue weighted by Gasteiger charge is -2.38. The van der Waals surface area contributed by atoms with Crippen LogP contribution in [0.4, 0.5) is 0 Å². The summed E-state index contributed by atoms with van der Waals surface area (Å²) in [7, 11) is 0. The second kappa shape index (κ2) is 16.7. The van der Waals surface area contributed by atoms with E-state index in [1.807, 2.05) is 0 Å². The van der Waals surface area contributed by atoms with Crippen LogP contribution in [0.25, 0.3) is 11.4 Å². The van der Waals surface area contributed by atoms with Gasteiger partial charge in [-0.3, -0.25) is 4.99 Å². The Kier molecular flexibility index (Phi) is 11.0. The first kappa shape index (κ1) is 35.5. The lowest BCUT2D eigenvalue weighted by Crippen LogP contribution is -2.34. The largest absolute Gasteiger partial charge is 0.265 e. The van der Waals surface area contributed by atoms with E-state index < -0.39 is 0 Å². The fourth-order valence-electron chi connectivity index (χ4n) is 10.5. The first-order chi connectivity index (χ1) is 26.7. The van der Waals surface area contributed by atoms with Crippen molar-refractivity contribution in [1.29, 1.82) is 0 Å². The Bertz CT molecular complexity index is 1920. The minimum Gasteiger partial charge on any atom is -0.265 e. The molecule has 4 heteroatoms. The van der Waals surface area contributed by atoms with Crippen LogP contribution in [0.3, 0.4) is 0 Å². The molecule has 0 spiro atoms. The van der Waals surface area contributed by atoms with Crippen molar-refractivity contribution in [2.24, 2.45) is 34.6 Å². The van der Waals surface area contributed by atoms with Crippen molar-refractivity contribution < 1.29 is 0 Å². The molecule has 5 unspecified atom stereocenters. The molecule has 4 nitrogen and oxygen atoms in total. The third-order valence-electron chi connectivity index (χ3n) is 13.8. The van der Waals surface area contributed by atoms with Crippen LogP contribution >= 0.6 is 0 Å². The number of hydrogen-bond donors (Lipinski definition) is 0. The van der Waals surface area contributed by atoms with Gasteiger partial charge in [0.05, 0.1) is 0 Å². The summed E-state index contributed by atoms with van der Waals surface area (Å²) in [6.45, 7) is 0. The second-order valence-electron chi connectivity index (χ2n) is 17.2. The Labute approximate surface area is 323 Å². The summed E-state index contributed by atoms with van der Waals surface area (Å²) in [5.41, 5.74) is 7.02. The average Bonchev–Trinajstić information content (AvgIpc) is 3.27. The van der Waals surface area contributed by atoms with Gasteiger partial charge < -0.3 is 0 Å². The molecule has 6 aliphatic carbocycles. The van der Waals surface area contributed by atoms with E-state index in [0.717, 1.165) is 55.1 Å². The summed E-state index contributed by atoms with van der Waals surface area (Å²) < 4.78 is 0. The highest BCUT2D eigenvalue weighted by Crippen LogP contribution is 2.45. The number of nitrogens with zero attached hydrogens (tertiary/aromatic N) is 4. The van der Waals surface area contributed by atoms with Crippen LogP contribution in [0.15, 0.2) is 126 Å². The summed E-state index contributed by atoms with van der Waals surface area (Å²) in [5.74, 6) is 6.80. The zero-order chi connectivity index (χ0) is 36.1. The van der Waals surface area contributed by atoms with Gasteiger partial charge >= 0.3 is 0 Å². The monoisotopic (exact) mass is 714 g/mol. The second-order valence-corrected chi connectivity index (χ2v) is 17.2. The van der Waals surface area contributed by atoms with Gasteiger partial charge in [-0.15, -0.1) is 0 Å². The highest BCUT2D eigenvalue weighted by molar-refractivity contribution is 5.91. The number of aromatic nitrogens is 3. The maximum atomic E-state index is 5.39. The smallest absolute Gasteiger partial charge is 0.163 e. The number of hydrogen-bond acceptors (Lipinski definition) is 4. The molecule has 1 aromatic carbocycles. The summed E-state index contributed by atoms with van der Waals surface area (Å²) in [6.07, 6.45) is 52.0. The molecular weight excluding hydrogens is 657 g/mol. The zero-order valence-electron chi connectivity index (χ0n) is 32.1. The summed E-state index contributed by atoms with van der Waals surface area (Å²) in [4.78, 5) is 21.2. The van der Waals surface area contributed by atoms with Crippen LogP contribution in [0.1, 0.15) is 138 Å². The number of rotatable bonds is 8. The molecule has 1 aliphatic heterocycles. The Balaban J connectivity index is 0.945. The van der Waals surface area contributed by atoms with Crippen molar-refractivity contribution >= 4 is 5.71 Å². The third-order valence-corrected chi connectivity index (χ3v) is 13.8. The van der Waals surface area contributed by atoms with Gasteiger partial charge in [0.1, 0.15) is 11.6 Å². The van der Waals surface area contributed by atoms with Crippen LogP contribution in [-0.2, 0) is 0 Å². The highest BCUT2D eigenvalue weighted by Gasteiger charge is 2.36. The Morgan fingerprint density at radius 1 is 0.556 bits per heavy atom. The molecule has 2 heterocycles. The van der Waals surface area contributed by atoms with Crippen molar-refractivity contribution in [3.63, 3.8) is 0 Å². The van der Waals surface area contributed by atoms with Crippen molar-refractivity contribution in [2.45, 2.75) is 120 Å². The van der Waals surface area contributed by atoms with E-state index in [0.29, 0.717) is 41.4 Å². The molecule has 0 saturated heterocycles. The molecule has 0 amide bonds. The van der Waals surface area contributed by atoms with Crippen molar-refractivity contribution in [3.05, 3.63) is 138 Å². The minimum atomic E-state index is 0.168. The van der Waals surface area contributed by atoms with E-state index >= 15 is 0 Å². The fourth-order valence-corrected chi connectivity index (χ4v) is 10.5. The van der Waals surface area contributed by atoms with E-state index in [2.05, 4.69) is 109 Å². The predicted molar refractivity (Wildman–Crippen MR) is 223 cm³/mol. The van der Waals surface area contributed by atoms with Gasteiger partial charge in [0, 0.05) is 47.1 Å². The lowest BCUT2D eigenvalue weighted by atomic mass is 9.68. The first-order valence-electron chi connectivity index (χ1n) is 21.6. The van der Waals surface area contributed by atoms with Crippen LogP contribution < -0.4 is 0 Å². The average molecular weight is 715 g/mol. The van der Waals surface area contributed by atoms with E-state index in [1.54, 1.807) is 11.3 Å². The molecule has 5 atom stereocenters. The molecule has 2 aromatic rings. The maximum absolute atomic E-state index is 5.39. The van der Waals surface area contributed by atoms with E-state index in [9.17, 15) is 0 Å².